The Bertz CT molecular complexity index is 297. The Morgan fingerprint density at radius 3 is 2.13 bits per heavy atom. The van der Waals surface area contributed by atoms with Crippen LogP contribution in [0, 0.1) is 0 Å². The molecule has 136 valence electrons. The van der Waals surface area contributed by atoms with Gasteiger partial charge in [-0.25, -0.2) is 0 Å². The number of carbonyl (C=O) groups excluding carboxylic acids is 1. The number of rotatable bonds is 13. The van der Waals surface area contributed by atoms with E-state index in [1.807, 2.05) is 7.05 Å². The third-order valence-corrected chi connectivity index (χ3v) is 3.91. The fraction of sp³-hybridized carbons (Fsp3) is 0.938. The average Bonchev–Trinajstić information content (AvgIpc) is 2.56. The molecule has 7 nitrogen and oxygen atoms in total. The number of hydrogen-bond donors (Lipinski definition) is 2. The Morgan fingerprint density at radius 2 is 1.57 bits per heavy atom. The van der Waals surface area contributed by atoms with Crippen molar-refractivity contribution >= 4 is 5.91 Å². The Labute approximate surface area is 140 Å². The van der Waals surface area contributed by atoms with Gasteiger partial charge in [0, 0.05) is 26.1 Å². The van der Waals surface area contributed by atoms with Gasteiger partial charge in [-0.2, -0.15) is 0 Å². The number of nitrogens with zero attached hydrogens (tertiary/aromatic N) is 1. The number of ether oxygens (including phenoxy) is 3. The second-order valence-electron chi connectivity index (χ2n) is 5.72. The molecule has 1 saturated heterocycles. The molecule has 0 aromatic carbocycles. The van der Waals surface area contributed by atoms with E-state index in [0.29, 0.717) is 45.6 Å². The third kappa shape index (κ3) is 11.4. The summed E-state index contributed by atoms with van der Waals surface area (Å²) in [5, 5.41) is 6.01. The van der Waals surface area contributed by atoms with E-state index in [2.05, 4.69) is 15.5 Å². The molecule has 1 aliphatic rings. The minimum absolute atomic E-state index is 0.0339. The molecule has 1 amide bonds. The first-order valence-corrected chi connectivity index (χ1v) is 8.59. The lowest BCUT2D eigenvalue weighted by atomic mass is 10.1. The fourth-order valence-electron chi connectivity index (χ4n) is 2.48. The minimum Gasteiger partial charge on any atom is -0.378 e. The second kappa shape index (κ2) is 13.7. The lowest BCUT2D eigenvalue weighted by molar-refractivity contribution is -0.119. The molecule has 1 rings (SSSR count). The van der Waals surface area contributed by atoms with Crippen LogP contribution in [0.2, 0.25) is 0 Å². The smallest absolute Gasteiger partial charge is 0.216 e. The van der Waals surface area contributed by atoms with Crippen molar-refractivity contribution in [2.75, 3.05) is 72.9 Å². The quantitative estimate of drug-likeness (QED) is 0.458. The predicted octanol–water partition coefficient (Wildman–Crippen LogP) is -0.144. The second-order valence-corrected chi connectivity index (χ2v) is 5.72. The Hall–Kier alpha value is -0.730. The maximum Gasteiger partial charge on any atom is 0.216 e. The average molecular weight is 331 g/mol. The van der Waals surface area contributed by atoms with E-state index < -0.39 is 0 Å². The maximum absolute atomic E-state index is 10.6. The normalized spacial score (nSPS) is 16.6. The van der Waals surface area contributed by atoms with E-state index in [-0.39, 0.29) is 5.91 Å². The lowest BCUT2D eigenvalue weighted by Crippen LogP contribution is -2.42. The maximum atomic E-state index is 10.6. The molecule has 2 N–H and O–H groups in total. The Kier molecular flexibility index (Phi) is 12.1. The molecule has 0 atom stereocenters. The van der Waals surface area contributed by atoms with E-state index in [0.717, 1.165) is 26.2 Å². The van der Waals surface area contributed by atoms with Gasteiger partial charge in [0.2, 0.25) is 5.91 Å². The highest BCUT2D eigenvalue weighted by atomic mass is 16.5. The van der Waals surface area contributed by atoms with Crippen LogP contribution in [0.15, 0.2) is 0 Å². The summed E-state index contributed by atoms with van der Waals surface area (Å²) in [4.78, 5) is 13.1. The summed E-state index contributed by atoms with van der Waals surface area (Å²) in [5.74, 6) is -0.0339. The molecule has 0 aromatic heterocycles. The molecule has 7 heteroatoms. The number of hydrogen-bond acceptors (Lipinski definition) is 6. The van der Waals surface area contributed by atoms with Gasteiger partial charge in [0.15, 0.2) is 0 Å². The molecular weight excluding hydrogens is 298 g/mol. The molecular formula is C16H33N3O4. The highest BCUT2D eigenvalue weighted by Gasteiger charge is 2.16. The van der Waals surface area contributed by atoms with E-state index >= 15 is 0 Å². The standard InChI is InChI=1S/C16H33N3O4/c1-15(20)18-5-9-21-11-13-23-14-12-22-10-8-19-6-3-16(17-2)4-7-19/h16-17H,3-14H2,1-2H3,(H,18,20). The van der Waals surface area contributed by atoms with Crippen LogP contribution >= 0.6 is 0 Å². The van der Waals surface area contributed by atoms with Gasteiger partial charge in [-0.3, -0.25) is 4.79 Å². The van der Waals surface area contributed by atoms with Crippen LogP contribution in [-0.2, 0) is 19.0 Å². The molecule has 0 spiro atoms. The lowest BCUT2D eigenvalue weighted by Gasteiger charge is -2.31. The summed E-state index contributed by atoms with van der Waals surface area (Å²) in [6, 6.07) is 0.682. The molecule has 0 aliphatic carbocycles. The predicted molar refractivity (Wildman–Crippen MR) is 89.7 cm³/mol. The van der Waals surface area contributed by atoms with Crippen molar-refractivity contribution in [3.8, 4) is 0 Å². The van der Waals surface area contributed by atoms with E-state index in [4.69, 9.17) is 14.2 Å². The monoisotopic (exact) mass is 331 g/mol. The van der Waals surface area contributed by atoms with Gasteiger partial charge in [0.05, 0.1) is 39.6 Å². The van der Waals surface area contributed by atoms with Gasteiger partial charge in [-0.05, 0) is 33.0 Å². The minimum atomic E-state index is -0.0339. The molecule has 1 fully saturated rings. The fourth-order valence-corrected chi connectivity index (χ4v) is 2.48. The zero-order valence-electron chi connectivity index (χ0n) is 14.6. The van der Waals surface area contributed by atoms with Gasteiger partial charge < -0.3 is 29.7 Å². The van der Waals surface area contributed by atoms with Gasteiger partial charge in [0.25, 0.3) is 0 Å². The van der Waals surface area contributed by atoms with Crippen LogP contribution in [0.25, 0.3) is 0 Å². The zero-order chi connectivity index (χ0) is 16.8. The number of carbonyl (C=O) groups is 1. The molecule has 0 radical (unpaired) electrons. The first-order chi connectivity index (χ1) is 11.2. The number of nitrogens with one attached hydrogen (secondary N) is 2. The summed E-state index contributed by atoms with van der Waals surface area (Å²) in [7, 11) is 2.04. The van der Waals surface area contributed by atoms with Crippen molar-refractivity contribution < 1.29 is 19.0 Å². The van der Waals surface area contributed by atoms with E-state index in [9.17, 15) is 4.79 Å². The van der Waals surface area contributed by atoms with Gasteiger partial charge in [0.1, 0.15) is 0 Å². The van der Waals surface area contributed by atoms with E-state index in [1.165, 1.54) is 19.8 Å². The first-order valence-electron chi connectivity index (χ1n) is 8.59. The Balaban J connectivity index is 1.76. The van der Waals surface area contributed by atoms with Gasteiger partial charge >= 0.3 is 0 Å². The summed E-state index contributed by atoms with van der Waals surface area (Å²) in [6.07, 6.45) is 2.45. The van der Waals surface area contributed by atoms with Crippen LogP contribution in [0.5, 0.6) is 0 Å². The SMILES string of the molecule is CNC1CCN(CCOCCOCCOCCNC(C)=O)CC1. The number of piperidine rings is 1. The number of amides is 1. The molecule has 1 heterocycles. The van der Waals surface area contributed by atoms with Crippen molar-refractivity contribution in [3.05, 3.63) is 0 Å². The van der Waals surface area contributed by atoms with Crippen molar-refractivity contribution in [3.63, 3.8) is 0 Å². The first kappa shape index (κ1) is 20.3. The highest BCUT2D eigenvalue weighted by molar-refractivity contribution is 5.72. The zero-order valence-corrected chi connectivity index (χ0v) is 14.6. The van der Waals surface area contributed by atoms with Crippen LogP contribution in [0.4, 0.5) is 0 Å². The van der Waals surface area contributed by atoms with E-state index in [1.54, 1.807) is 0 Å². The molecule has 0 bridgehead atoms. The summed E-state index contributed by atoms with van der Waals surface area (Å²) >= 11 is 0. The van der Waals surface area contributed by atoms with Crippen molar-refractivity contribution in [1.82, 2.24) is 15.5 Å². The van der Waals surface area contributed by atoms with Crippen LogP contribution in [0.1, 0.15) is 19.8 Å². The third-order valence-electron chi connectivity index (χ3n) is 3.91. The van der Waals surface area contributed by atoms with Crippen LogP contribution in [0.3, 0.4) is 0 Å². The summed E-state index contributed by atoms with van der Waals surface area (Å²) < 4.78 is 16.3. The highest BCUT2D eigenvalue weighted by Crippen LogP contribution is 2.08. The largest absolute Gasteiger partial charge is 0.378 e. The van der Waals surface area contributed by atoms with Gasteiger partial charge in [-0.15, -0.1) is 0 Å². The molecule has 1 aliphatic heterocycles. The molecule has 0 saturated carbocycles. The van der Waals surface area contributed by atoms with Crippen molar-refractivity contribution in [1.29, 1.82) is 0 Å². The Morgan fingerprint density at radius 1 is 1.00 bits per heavy atom. The van der Waals surface area contributed by atoms with Crippen LogP contribution in [-0.4, -0.2) is 89.7 Å². The molecule has 0 aromatic rings. The summed E-state index contributed by atoms with van der Waals surface area (Å²) in [6.45, 7) is 8.95. The summed E-state index contributed by atoms with van der Waals surface area (Å²) in [5.41, 5.74) is 0. The molecule has 23 heavy (non-hydrogen) atoms. The van der Waals surface area contributed by atoms with Crippen LogP contribution < -0.4 is 10.6 Å². The van der Waals surface area contributed by atoms with Crippen molar-refractivity contribution in [2.24, 2.45) is 0 Å². The topological polar surface area (TPSA) is 72.1 Å². The molecule has 0 unspecified atom stereocenters. The number of likely N-dealkylation sites (tertiary alicyclic amines) is 1. The van der Waals surface area contributed by atoms with Gasteiger partial charge in [-0.1, -0.05) is 0 Å². The van der Waals surface area contributed by atoms with Crippen molar-refractivity contribution in [2.45, 2.75) is 25.8 Å².